The van der Waals surface area contributed by atoms with E-state index in [2.05, 4.69) is 59.8 Å². The normalized spacial score (nSPS) is 36.4. The number of phosphoric ester groups is 4. The lowest BCUT2D eigenvalue weighted by molar-refractivity contribution is -0.220. The summed E-state index contributed by atoms with van der Waals surface area (Å²) in [6.07, 6.45) is -9.57. The van der Waals surface area contributed by atoms with Crippen molar-refractivity contribution in [2.24, 2.45) is 0 Å². The summed E-state index contributed by atoms with van der Waals surface area (Å²) in [6.45, 7) is 29.8. The van der Waals surface area contributed by atoms with E-state index in [4.69, 9.17) is 92.2 Å². The number of phosphoric acid groups is 4. The molecule has 16 rings (SSSR count). The van der Waals surface area contributed by atoms with Crippen LogP contribution in [0.1, 0.15) is 159 Å². The SMILES string of the molecule is CCOc1nc(C)nc2c1ncn2[C@@H]1O[C@]2(F)CO[P@@](=O)(OC(C)C)O[C@H]2[C@@]1(C)F.CCOc1nc(C)nc2c1ncn2[C@@H]1O[C@]2(F)CO[P@@](=O)(OC(C)C)O[C@H]2[C@@]1(C)O.CCOc1nc(C)nc2c1ncn2[C@@H]1O[C@]2(F)CO[P@](=O)(OC(C)C)O[C@H]2[C@@]1(C)F.CCOc1nc(C)nc2c1ncn2[C@@H]1O[C@]2(F)CO[P@](=O)(OC(C)C)O[C@H]2[C@@]1(C)O. The molecular weight excluding hydrogens is 1690 g/mol. The molecule has 2 N–H and O–H groups in total. The van der Waals surface area contributed by atoms with Crippen molar-refractivity contribution in [3.8, 4) is 23.5 Å². The first kappa shape index (κ1) is 90.9. The Balaban J connectivity index is 0.000000138. The maximum absolute atomic E-state index is 15.9. The molecule has 42 nitrogen and oxygen atoms in total. The van der Waals surface area contributed by atoms with E-state index in [0.717, 1.165) is 13.8 Å². The van der Waals surface area contributed by atoms with Gasteiger partial charge in [0.15, 0.2) is 105 Å². The highest BCUT2D eigenvalue weighted by Gasteiger charge is 2.74. The number of alkyl halides is 6. The highest BCUT2D eigenvalue weighted by molar-refractivity contribution is 7.49. The van der Waals surface area contributed by atoms with Gasteiger partial charge in [0.25, 0.3) is 23.4 Å². The second kappa shape index (κ2) is 32.9. The van der Waals surface area contributed by atoms with Gasteiger partial charge in [-0.2, -0.15) is 19.9 Å². The van der Waals surface area contributed by atoms with Crippen LogP contribution in [-0.4, -0.2) is 236 Å². The lowest BCUT2D eigenvalue weighted by atomic mass is 9.95. The van der Waals surface area contributed by atoms with Crippen molar-refractivity contribution in [2.75, 3.05) is 52.9 Å². The molecule has 0 amide bonds. The van der Waals surface area contributed by atoms with Crippen LogP contribution < -0.4 is 18.9 Å². The van der Waals surface area contributed by atoms with E-state index in [1.807, 2.05) is 0 Å². The number of imidazole rings is 4. The highest BCUT2D eigenvalue weighted by Crippen LogP contribution is 2.68. The van der Waals surface area contributed by atoms with Crippen molar-refractivity contribution in [3.63, 3.8) is 0 Å². The van der Waals surface area contributed by atoms with E-state index in [-0.39, 0.29) is 57.1 Å². The number of rotatable bonds is 20. The monoisotopic (exact) mass is 1790 g/mol. The van der Waals surface area contributed by atoms with E-state index in [1.54, 1.807) is 111 Å². The van der Waals surface area contributed by atoms with Crippen LogP contribution in [0.2, 0.25) is 0 Å². The zero-order chi connectivity index (χ0) is 87.6. The largest absolute Gasteiger partial charge is 0.476 e. The van der Waals surface area contributed by atoms with Gasteiger partial charge in [-0.25, -0.2) is 84.5 Å². The average Bonchev–Trinajstić information content (AvgIpc) is 1.58. The third-order valence-corrected chi connectivity index (χ3v) is 25.3. The Morgan fingerprint density at radius 1 is 0.375 bits per heavy atom. The molecule has 120 heavy (non-hydrogen) atoms. The van der Waals surface area contributed by atoms with Crippen LogP contribution in [0, 0.1) is 27.7 Å². The van der Waals surface area contributed by atoms with Crippen molar-refractivity contribution < 1.29 is 147 Å². The molecule has 0 spiro atoms. The minimum atomic E-state index is -4.17. The fourth-order valence-corrected chi connectivity index (χ4v) is 21.0. The van der Waals surface area contributed by atoms with Gasteiger partial charge in [0.2, 0.25) is 23.5 Å². The lowest BCUT2D eigenvalue weighted by Gasteiger charge is -2.37. The molecule has 0 aliphatic carbocycles. The summed E-state index contributed by atoms with van der Waals surface area (Å²) in [5.74, 6) is -8.05. The maximum atomic E-state index is 15.9. The first-order valence-electron chi connectivity index (χ1n) is 38.1. The van der Waals surface area contributed by atoms with E-state index >= 15 is 26.3 Å². The van der Waals surface area contributed by atoms with Crippen molar-refractivity contribution in [1.29, 1.82) is 0 Å². The van der Waals surface area contributed by atoms with Crippen LogP contribution in [0.15, 0.2) is 25.3 Å². The zero-order valence-corrected chi connectivity index (χ0v) is 72.4. The van der Waals surface area contributed by atoms with Crippen LogP contribution in [0.25, 0.3) is 44.7 Å². The molecule has 8 aromatic rings. The number of aromatic nitrogens is 16. The standard InChI is InChI=1S/2C17H23F2N4O6P.2C17H24FN4O7P/c2*1-6-25-13-11-12(21-10(4)22-13)23(8-20-11)15-16(5,18)14-17(19,27-15)7-26-30(24,29-14)28-9(2)3;2*1-6-25-13-11-12(20-10(4)21-13)22(8-19-11)15-16(5,23)14-17(18,27-15)7-26-30(24,29-14)28-9(2)3/h2*8-9,14-15H,6-7H2,1-5H3;2*8-9,14-15,23H,6-7H2,1-5H3/t14-,15+,16+,17+,30+;14-,15+,16+,17+,30-;14-,15+,16+,17+,30+;14-,15+,16+,17+,30-/m0000/s1. The molecule has 0 unspecified atom stereocenters. The minimum absolute atomic E-state index is 0.199. The van der Waals surface area contributed by atoms with E-state index in [1.165, 1.54) is 57.4 Å². The third kappa shape index (κ3) is 17.1. The fraction of sp³-hybridized carbons (Fsp3) is 0.706. The third-order valence-electron chi connectivity index (χ3n) is 19.0. The van der Waals surface area contributed by atoms with Gasteiger partial charge in [-0.1, -0.05) is 0 Å². The van der Waals surface area contributed by atoms with Gasteiger partial charge in [0, 0.05) is 0 Å². The van der Waals surface area contributed by atoms with E-state index in [9.17, 15) is 28.5 Å². The number of ether oxygens (including phenoxy) is 8. The molecule has 8 aliphatic rings. The Kier molecular flexibility index (Phi) is 24.9. The molecule has 0 bridgehead atoms. The summed E-state index contributed by atoms with van der Waals surface area (Å²) in [4.78, 5) is 50.9. The summed E-state index contributed by atoms with van der Waals surface area (Å²) in [5, 5.41) is 22.4. The Hall–Kier alpha value is -6.82. The molecule has 8 aromatic heterocycles. The van der Waals surface area contributed by atoms with Gasteiger partial charge in [-0.3, -0.25) is 72.6 Å². The van der Waals surface area contributed by atoms with Gasteiger partial charge in [-0.15, -0.1) is 0 Å². The zero-order valence-electron chi connectivity index (χ0n) is 68.8. The quantitative estimate of drug-likeness (QED) is 0.0528. The van der Waals surface area contributed by atoms with E-state index in [0.29, 0.717) is 60.8 Å². The van der Waals surface area contributed by atoms with E-state index < -0.39 is 177 Å². The fourth-order valence-electron chi connectivity index (χ4n) is 14.4. The number of hydrogen-bond donors (Lipinski definition) is 2. The van der Waals surface area contributed by atoms with Gasteiger partial charge in [0.1, 0.15) is 60.9 Å². The highest BCUT2D eigenvalue weighted by atomic mass is 31.2. The molecule has 8 aliphatic heterocycles. The molecular formula is C68H94F6N16O26P4. The van der Waals surface area contributed by atoms with Crippen molar-refractivity contribution in [3.05, 3.63) is 48.6 Å². The van der Waals surface area contributed by atoms with Crippen LogP contribution >= 0.6 is 31.3 Å². The van der Waals surface area contributed by atoms with Gasteiger partial charge >= 0.3 is 31.3 Å². The second-order valence-corrected chi connectivity index (χ2v) is 36.9. The number of fused-ring (bicyclic) bond motifs is 8. The number of hydrogen-bond acceptors (Lipinski definition) is 38. The predicted molar refractivity (Wildman–Crippen MR) is 400 cm³/mol. The Morgan fingerprint density at radius 3 is 0.808 bits per heavy atom. The number of aliphatic hydroxyl groups is 2. The molecule has 0 radical (unpaired) electrons. The lowest BCUT2D eigenvalue weighted by Crippen LogP contribution is -2.52. The van der Waals surface area contributed by atoms with Gasteiger partial charge in [-0.05, 0) is 138 Å². The van der Waals surface area contributed by atoms with Gasteiger partial charge in [0.05, 0.1) is 76.2 Å². The number of aryl methyl sites for hydroxylation is 4. The first-order valence-corrected chi connectivity index (χ1v) is 43.9. The molecule has 52 heteroatoms. The Labute approximate surface area is 681 Å². The van der Waals surface area contributed by atoms with Crippen molar-refractivity contribution in [2.45, 2.75) is 258 Å². The van der Waals surface area contributed by atoms with Crippen molar-refractivity contribution in [1.82, 2.24) is 78.1 Å². The molecule has 16 heterocycles. The molecule has 8 saturated heterocycles. The van der Waals surface area contributed by atoms with Crippen LogP contribution in [0.4, 0.5) is 26.3 Å². The summed E-state index contributed by atoms with van der Waals surface area (Å²) in [6, 6.07) is 0. The predicted octanol–water partition coefficient (Wildman–Crippen LogP) is 11.7. The Bertz CT molecular complexity index is 4710. The summed E-state index contributed by atoms with van der Waals surface area (Å²) < 4.78 is 256. The molecule has 0 saturated carbocycles. The average molecular weight is 1790 g/mol. The minimum Gasteiger partial charge on any atom is -0.476 e. The van der Waals surface area contributed by atoms with Crippen LogP contribution in [0.3, 0.4) is 0 Å². The maximum Gasteiger partial charge on any atom is 0.475 e. The number of halogens is 6. The number of nitrogens with zero attached hydrogens (tertiary/aromatic N) is 16. The summed E-state index contributed by atoms with van der Waals surface area (Å²) >= 11 is 0. The Morgan fingerprint density at radius 2 is 0.583 bits per heavy atom. The second-order valence-electron chi connectivity index (χ2n) is 30.6. The summed E-state index contributed by atoms with van der Waals surface area (Å²) in [5.41, 5.74) is -6.70. The molecule has 0 aromatic carbocycles. The van der Waals surface area contributed by atoms with Crippen LogP contribution in [0.5, 0.6) is 23.5 Å². The molecule has 8 fully saturated rings. The summed E-state index contributed by atoms with van der Waals surface area (Å²) in [7, 11) is -16.5. The van der Waals surface area contributed by atoms with Crippen molar-refractivity contribution >= 4 is 75.9 Å². The molecule has 20 atom stereocenters. The molecule has 664 valence electrons. The first-order chi connectivity index (χ1) is 56.0. The van der Waals surface area contributed by atoms with Crippen LogP contribution in [-0.2, 0) is 91.5 Å². The smallest absolute Gasteiger partial charge is 0.475 e. The van der Waals surface area contributed by atoms with Gasteiger partial charge < -0.3 is 48.1 Å². The topological polar surface area (TPSA) is 468 Å².